The Balaban J connectivity index is 0.969. The number of anilines is 1. The van der Waals surface area contributed by atoms with Crippen molar-refractivity contribution in [2.75, 3.05) is 4.90 Å². The van der Waals surface area contributed by atoms with E-state index in [4.69, 9.17) is 18.7 Å². The molecule has 0 spiro atoms. The van der Waals surface area contributed by atoms with Crippen LogP contribution in [0.5, 0.6) is 0 Å². The molecule has 3 saturated heterocycles. The molecule has 53 heavy (non-hydrogen) atoms. The van der Waals surface area contributed by atoms with E-state index in [1.807, 2.05) is 0 Å². The second kappa shape index (κ2) is 13.6. The number of hydrogen-bond acceptors (Lipinski definition) is 13. The van der Waals surface area contributed by atoms with Crippen LogP contribution in [0.15, 0.2) is 40.9 Å². The zero-order valence-corrected chi connectivity index (χ0v) is 28.4. The fourth-order valence-electron chi connectivity index (χ4n) is 7.58. The summed E-state index contributed by atoms with van der Waals surface area (Å²) in [4.78, 5) is 31.0. The van der Waals surface area contributed by atoms with Gasteiger partial charge in [0.1, 0.15) is 35.3 Å². The van der Waals surface area contributed by atoms with Gasteiger partial charge in [0, 0.05) is 29.1 Å². The summed E-state index contributed by atoms with van der Waals surface area (Å²) in [6, 6.07) is 7.47. The Kier molecular flexibility index (Phi) is 9.18. The van der Waals surface area contributed by atoms with E-state index < -0.39 is 60.2 Å². The molecule has 4 fully saturated rings. The molecule has 282 valence electrons. The highest BCUT2D eigenvalue weighted by Crippen LogP contribution is 2.47. The lowest BCUT2D eigenvalue weighted by Crippen LogP contribution is -2.60. The number of hydrogen-bond donors (Lipinski definition) is 4. The van der Waals surface area contributed by atoms with Gasteiger partial charge in [-0.2, -0.15) is 13.2 Å². The van der Waals surface area contributed by atoms with Gasteiger partial charge in [0.15, 0.2) is 17.1 Å². The lowest BCUT2D eigenvalue weighted by atomic mass is 9.98. The highest BCUT2D eigenvalue weighted by atomic mass is 32.1. The minimum atomic E-state index is -4.58. The maximum atomic E-state index is 15.4. The van der Waals surface area contributed by atoms with E-state index in [0.717, 1.165) is 49.2 Å². The van der Waals surface area contributed by atoms with Gasteiger partial charge >= 0.3 is 18.1 Å². The number of esters is 1. The molecule has 7 atom stereocenters. The van der Waals surface area contributed by atoms with Crippen molar-refractivity contribution in [3.63, 3.8) is 0 Å². The number of benzene rings is 2. The third-order valence-corrected chi connectivity index (χ3v) is 11.4. The molecule has 0 unspecified atom stereocenters. The number of carboxylic acid groups (broad SMARTS) is 1. The lowest BCUT2D eigenvalue weighted by Gasteiger charge is -2.38. The molecule has 4 N–H and O–H groups in total. The zero-order valence-electron chi connectivity index (χ0n) is 27.6. The SMILES string of the molecule is O=C(O[C@@H]1O[C@H](C(=O)O)[C@@H](O)[C@H](O)[C@H]1O)c1cc(F)c2nc(N3[C@H]4CC[C@H]3CC(OCc3c(-c5ccccc5C(F)(F)F)noc3C3CC3)C4)sc2c1. The summed E-state index contributed by atoms with van der Waals surface area (Å²) in [5, 5.41) is 44.0. The van der Waals surface area contributed by atoms with Crippen LogP contribution in [0.1, 0.15) is 71.7 Å². The molecule has 2 aromatic heterocycles. The summed E-state index contributed by atoms with van der Waals surface area (Å²) in [7, 11) is 0. The highest BCUT2D eigenvalue weighted by Gasteiger charge is 2.49. The predicted octanol–water partition coefficient (Wildman–Crippen LogP) is 4.75. The van der Waals surface area contributed by atoms with Crippen molar-refractivity contribution in [2.24, 2.45) is 0 Å². The van der Waals surface area contributed by atoms with Crippen molar-refractivity contribution in [1.82, 2.24) is 10.1 Å². The van der Waals surface area contributed by atoms with Crippen LogP contribution in [-0.4, -0.2) is 91.4 Å². The van der Waals surface area contributed by atoms with Gasteiger partial charge in [-0.3, -0.25) is 0 Å². The van der Waals surface area contributed by atoms with E-state index in [1.165, 1.54) is 24.3 Å². The Hall–Kier alpha value is -4.20. The minimum absolute atomic E-state index is 0.0171. The van der Waals surface area contributed by atoms with Crippen molar-refractivity contribution >= 4 is 38.6 Å². The molecule has 3 aliphatic heterocycles. The monoisotopic (exact) mass is 763 g/mol. The van der Waals surface area contributed by atoms with Gasteiger partial charge in [0.25, 0.3) is 0 Å². The largest absolute Gasteiger partial charge is 0.479 e. The quantitative estimate of drug-likeness (QED) is 0.135. The Labute approximate surface area is 301 Å². The highest BCUT2D eigenvalue weighted by molar-refractivity contribution is 7.22. The molecular formula is C35H33F4N3O10S. The number of aliphatic hydroxyl groups is 3. The third kappa shape index (κ3) is 6.65. The van der Waals surface area contributed by atoms with Crippen molar-refractivity contribution < 1.29 is 66.3 Å². The van der Waals surface area contributed by atoms with E-state index in [2.05, 4.69) is 15.0 Å². The molecular weight excluding hydrogens is 730 g/mol. The van der Waals surface area contributed by atoms with E-state index in [-0.39, 0.29) is 53.0 Å². The number of halogens is 4. The number of carbonyl (C=O) groups is 2. The van der Waals surface area contributed by atoms with Gasteiger partial charge in [-0.05, 0) is 56.7 Å². The van der Waals surface area contributed by atoms with Crippen LogP contribution in [0.3, 0.4) is 0 Å². The number of aromatic nitrogens is 2. The number of aliphatic hydroxyl groups excluding tert-OH is 3. The van der Waals surface area contributed by atoms with Crippen LogP contribution in [0.4, 0.5) is 22.7 Å². The van der Waals surface area contributed by atoms with Gasteiger partial charge in [-0.25, -0.2) is 19.0 Å². The first-order valence-corrected chi connectivity index (χ1v) is 17.9. The Bertz CT molecular complexity index is 2040. The smallest absolute Gasteiger partial charge is 0.417 e. The van der Waals surface area contributed by atoms with Crippen molar-refractivity contribution in [3.8, 4) is 11.3 Å². The fraction of sp³-hybridized carbons (Fsp3) is 0.486. The summed E-state index contributed by atoms with van der Waals surface area (Å²) < 4.78 is 79.5. The van der Waals surface area contributed by atoms with Crippen LogP contribution < -0.4 is 4.90 Å². The number of carboxylic acids is 1. The molecule has 4 aromatic rings. The molecule has 5 heterocycles. The van der Waals surface area contributed by atoms with Crippen molar-refractivity contribution in [1.29, 1.82) is 0 Å². The molecule has 18 heteroatoms. The second-order valence-corrected chi connectivity index (χ2v) is 14.8. The number of carbonyl (C=O) groups excluding carboxylic acids is 1. The molecule has 1 aliphatic carbocycles. The Morgan fingerprint density at radius 2 is 1.72 bits per heavy atom. The van der Waals surface area contributed by atoms with Gasteiger partial charge in [0.05, 0.1) is 28.5 Å². The number of aliphatic carboxylic acids is 1. The molecule has 2 bridgehead atoms. The summed E-state index contributed by atoms with van der Waals surface area (Å²) in [5.74, 6) is -3.00. The number of fused-ring (bicyclic) bond motifs is 3. The summed E-state index contributed by atoms with van der Waals surface area (Å²) >= 11 is 1.16. The van der Waals surface area contributed by atoms with Gasteiger partial charge < -0.3 is 44.1 Å². The van der Waals surface area contributed by atoms with Gasteiger partial charge in [-0.1, -0.05) is 34.7 Å². The van der Waals surface area contributed by atoms with Crippen LogP contribution in [0.25, 0.3) is 21.5 Å². The van der Waals surface area contributed by atoms with E-state index >= 15 is 4.39 Å². The average molecular weight is 764 g/mol. The number of thiazole rings is 1. The molecule has 2 aromatic carbocycles. The Morgan fingerprint density at radius 1 is 1.00 bits per heavy atom. The first-order valence-electron chi connectivity index (χ1n) is 17.1. The molecule has 0 radical (unpaired) electrons. The molecule has 8 rings (SSSR count). The summed E-state index contributed by atoms with van der Waals surface area (Å²) in [6.07, 6.45) is -10.2. The van der Waals surface area contributed by atoms with Crippen LogP contribution in [0.2, 0.25) is 0 Å². The number of rotatable bonds is 9. The average Bonchev–Trinajstić information content (AvgIpc) is 3.63. The zero-order chi connectivity index (χ0) is 37.3. The Morgan fingerprint density at radius 3 is 2.40 bits per heavy atom. The van der Waals surface area contributed by atoms with Crippen molar-refractivity contribution in [3.05, 3.63) is 64.7 Å². The van der Waals surface area contributed by atoms with Gasteiger partial charge in [0.2, 0.25) is 6.29 Å². The molecule has 1 saturated carbocycles. The standard InChI is InChI=1S/C35H33F4N3O10S/c36-22-9-15(32(48)51-33-28(45)26(43)27(44)30(50-33)31(46)47)10-23-25(22)40-34(53-23)42-16-7-8-17(42)12-18(11-16)49-13-20-24(41-52-29(20)14-5-6-14)19-3-1-2-4-21(19)35(37,38)39/h1-4,9-10,14,16-18,26-28,30,33,43-45H,5-8,11-13H2,(H,46,47)/t16-,17-,26-,27-,28+,30-,33-/m0/s1. The summed E-state index contributed by atoms with van der Waals surface area (Å²) in [5.41, 5.74) is -0.470. The number of piperidine rings is 1. The number of ether oxygens (including phenoxy) is 3. The van der Waals surface area contributed by atoms with Gasteiger partial charge in [-0.15, -0.1) is 0 Å². The van der Waals surface area contributed by atoms with E-state index in [9.17, 15) is 43.2 Å². The first kappa shape index (κ1) is 35.8. The topological polar surface area (TPSA) is 185 Å². The minimum Gasteiger partial charge on any atom is -0.479 e. The summed E-state index contributed by atoms with van der Waals surface area (Å²) in [6.45, 7) is 0.0334. The molecule has 4 aliphatic rings. The van der Waals surface area contributed by atoms with Crippen LogP contribution in [0, 0.1) is 5.82 Å². The third-order valence-electron chi connectivity index (χ3n) is 10.3. The fourth-order valence-corrected chi connectivity index (χ4v) is 8.74. The lowest BCUT2D eigenvalue weighted by molar-refractivity contribution is -0.278. The van der Waals surface area contributed by atoms with Crippen molar-refractivity contribution in [2.45, 2.75) is 106 Å². The second-order valence-electron chi connectivity index (χ2n) is 13.8. The number of nitrogens with zero attached hydrogens (tertiary/aromatic N) is 3. The van der Waals surface area contributed by atoms with Crippen LogP contribution in [-0.2, 0) is 31.8 Å². The van der Waals surface area contributed by atoms with E-state index in [0.29, 0.717) is 34.0 Å². The molecule has 13 nitrogen and oxygen atoms in total. The maximum Gasteiger partial charge on any atom is 0.417 e. The van der Waals surface area contributed by atoms with Crippen LogP contribution >= 0.6 is 11.3 Å². The first-order chi connectivity index (χ1) is 25.3. The molecule has 0 amide bonds. The normalized spacial score (nSPS) is 28.8. The van der Waals surface area contributed by atoms with E-state index in [1.54, 1.807) is 0 Å². The predicted molar refractivity (Wildman–Crippen MR) is 175 cm³/mol. The number of alkyl halides is 3. The maximum absolute atomic E-state index is 15.4.